The summed E-state index contributed by atoms with van der Waals surface area (Å²) in [6.45, 7) is 5.21. The zero-order valence-electron chi connectivity index (χ0n) is 26.1. The van der Waals surface area contributed by atoms with E-state index in [4.69, 9.17) is 15.2 Å². The average molecular weight is 640 g/mol. The third-order valence-electron chi connectivity index (χ3n) is 8.41. The zero-order valence-corrected chi connectivity index (χ0v) is 26.1. The smallest absolute Gasteiger partial charge is 0.410 e. The van der Waals surface area contributed by atoms with Crippen molar-refractivity contribution in [2.24, 2.45) is 5.92 Å². The molecule has 2 unspecified atom stereocenters. The van der Waals surface area contributed by atoms with Gasteiger partial charge >= 0.3 is 6.09 Å². The molecule has 5 rings (SSSR count). The summed E-state index contributed by atoms with van der Waals surface area (Å²) in [7, 11) is 0. The molecule has 4 atom stereocenters. The molecule has 3 heterocycles. The molecule has 0 bridgehead atoms. The molecule has 0 spiro atoms. The van der Waals surface area contributed by atoms with Gasteiger partial charge in [0.25, 0.3) is 5.56 Å². The van der Waals surface area contributed by atoms with E-state index in [2.05, 4.69) is 4.98 Å². The molecule has 0 aliphatic carbocycles. The average Bonchev–Trinajstić information content (AvgIpc) is 3.02. The quantitative estimate of drug-likeness (QED) is 0.411. The van der Waals surface area contributed by atoms with Gasteiger partial charge in [0.15, 0.2) is 5.69 Å². The summed E-state index contributed by atoms with van der Waals surface area (Å²) in [5, 5.41) is 11.3. The molecule has 2 aliphatic rings. The molecule has 11 nitrogen and oxygen atoms in total. The Bertz CT molecular complexity index is 1610. The first kappa shape index (κ1) is 32.9. The number of hydrogen-bond donors (Lipinski definition) is 2. The van der Waals surface area contributed by atoms with Gasteiger partial charge in [-0.05, 0) is 63.4 Å². The number of benzene rings is 2. The minimum absolute atomic E-state index is 0.0625. The van der Waals surface area contributed by atoms with Crippen LogP contribution in [0, 0.1) is 11.7 Å². The number of piperidine rings is 2. The first-order valence-corrected chi connectivity index (χ1v) is 15.2. The Hall–Kier alpha value is -4.52. The number of carbonyl (C=O) groups excluding carboxylic acids is 2. The molecule has 13 heteroatoms. The molecule has 2 saturated heterocycles. The number of nitrogens with zero attached hydrogens (tertiary/aromatic N) is 4. The predicted octanol–water partition coefficient (Wildman–Crippen LogP) is 4.10. The van der Waals surface area contributed by atoms with Gasteiger partial charge in [-0.25, -0.2) is 18.6 Å². The number of anilines is 1. The first-order chi connectivity index (χ1) is 21.7. The van der Waals surface area contributed by atoms with Crippen LogP contribution in [0.25, 0.3) is 0 Å². The number of ether oxygens (including phenoxy) is 2. The topological polar surface area (TPSA) is 140 Å². The summed E-state index contributed by atoms with van der Waals surface area (Å²) in [5.41, 5.74) is 3.10. The fourth-order valence-corrected chi connectivity index (χ4v) is 5.92. The van der Waals surface area contributed by atoms with Crippen molar-refractivity contribution in [2.75, 3.05) is 31.9 Å². The number of rotatable bonds is 6. The fraction of sp³-hybridized carbons (Fsp3) is 0.455. The van der Waals surface area contributed by atoms with Crippen LogP contribution in [0.4, 0.5) is 19.3 Å². The van der Waals surface area contributed by atoms with E-state index in [1.54, 1.807) is 25.7 Å². The van der Waals surface area contributed by atoms with Crippen molar-refractivity contribution in [2.45, 2.75) is 63.4 Å². The van der Waals surface area contributed by atoms with Crippen LogP contribution in [0.3, 0.4) is 0 Å². The maximum Gasteiger partial charge on any atom is 0.410 e. The van der Waals surface area contributed by atoms with Crippen molar-refractivity contribution >= 4 is 17.7 Å². The van der Waals surface area contributed by atoms with E-state index >= 15 is 4.39 Å². The number of hydrogen-bond acceptors (Lipinski definition) is 8. The highest BCUT2D eigenvalue weighted by Crippen LogP contribution is 2.36. The lowest BCUT2D eigenvalue weighted by Crippen LogP contribution is -2.59. The molecule has 246 valence electrons. The second kappa shape index (κ2) is 13.1. The van der Waals surface area contributed by atoms with Gasteiger partial charge in [-0.1, -0.05) is 30.3 Å². The largest absolute Gasteiger partial charge is 0.444 e. The Morgan fingerprint density at radius 2 is 1.76 bits per heavy atom. The van der Waals surface area contributed by atoms with Gasteiger partial charge in [-0.3, -0.25) is 14.2 Å². The zero-order chi connectivity index (χ0) is 33.2. The molecule has 3 aromatic rings. The van der Waals surface area contributed by atoms with E-state index in [1.807, 2.05) is 30.3 Å². The van der Waals surface area contributed by atoms with Crippen LogP contribution in [-0.2, 0) is 16.1 Å². The Morgan fingerprint density at radius 3 is 2.41 bits per heavy atom. The first-order valence-electron chi connectivity index (χ1n) is 15.2. The van der Waals surface area contributed by atoms with E-state index in [9.17, 15) is 23.9 Å². The van der Waals surface area contributed by atoms with Gasteiger partial charge in [0.05, 0.1) is 13.1 Å². The molecule has 3 N–H and O–H groups in total. The minimum atomic E-state index is -1.97. The van der Waals surface area contributed by atoms with Crippen LogP contribution in [-0.4, -0.2) is 80.0 Å². The van der Waals surface area contributed by atoms with E-state index in [-0.39, 0.29) is 55.2 Å². The van der Waals surface area contributed by atoms with Crippen molar-refractivity contribution in [3.05, 3.63) is 82.7 Å². The molecule has 46 heavy (non-hydrogen) atoms. The number of aliphatic hydroxyl groups is 1. The number of nitrogens with two attached hydrogens (primary N) is 1. The second-order valence-electron chi connectivity index (χ2n) is 12.9. The van der Waals surface area contributed by atoms with Gasteiger partial charge in [-0.2, -0.15) is 0 Å². The molecule has 2 aliphatic heterocycles. The number of likely N-dealkylation sites (tertiary alicyclic amines) is 2. The molecular formula is C33H39F2N5O6. The van der Waals surface area contributed by atoms with Crippen molar-refractivity contribution in [3.63, 3.8) is 0 Å². The van der Waals surface area contributed by atoms with Gasteiger partial charge in [-0.15, -0.1) is 0 Å². The van der Waals surface area contributed by atoms with E-state index < -0.39 is 47.3 Å². The van der Waals surface area contributed by atoms with Crippen molar-refractivity contribution in [1.82, 2.24) is 19.4 Å². The highest BCUT2D eigenvalue weighted by Gasteiger charge is 2.47. The van der Waals surface area contributed by atoms with Gasteiger partial charge in [0.2, 0.25) is 11.8 Å². The summed E-state index contributed by atoms with van der Waals surface area (Å²) in [4.78, 5) is 46.8. The number of aromatic nitrogens is 2. The summed E-state index contributed by atoms with van der Waals surface area (Å²) in [5.74, 6) is -1.57. The molecule has 0 saturated carbocycles. The number of alkyl halides is 1. The standard InChI is InChI=1S/C33H39F2N5O6/c1-32(2,3)46-31(43)39-15-13-24(25(17-39)21-7-5-4-6-8-21)29(41)38-16-14-33(44,26(35)18-38)19-40-20-37-28(27(36)30(40)42)45-23-11-9-22(34)10-12-23/h4-12,20,24-26,44H,13-19,36H2,1-3H3/t24-,25+,26?,33?/m1/s1. The number of halogens is 2. The van der Waals surface area contributed by atoms with Crippen LogP contribution in [0.1, 0.15) is 45.1 Å². The van der Waals surface area contributed by atoms with Crippen LogP contribution < -0.4 is 16.0 Å². The van der Waals surface area contributed by atoms with Crippen molar-refractivity contribution in [1.29, 1.82) is 0 Å². The summed E-state index contributed by atoms with van der Waals surface area (Å²) in [6, 6.07) is 14.5. The maximum atomic E-state index is 15.7. The number of nitrogen functional groups attached to an aromatic ring is 1. The predicted molar refractivity (Wildman–Crippen MR) is 166 cm³/mol. The lowest BCUT2D eigenvalue weighted by molar-refractivity contribution is -0.149. The Kier molecular flexibility index (Phi) is 9.34. The van der Waals surface area contributed by atoms with E-state index in [0.29, 0.717) is 13.0 Å². The lowest BCUT2D eigenvalue weighted by atomic mass is 9.79. The summed E-state index contributed by atoms with van der Waals surface area (Å²) < 4.78 is 41.0. The SMILES string of the molecule is CC(C)(C)OC(=O)N1CC[C@@H](C(=O)N2CCC(O)(Cn3cnc(Oc4ccc(F)cc4)c(N)c3=O)C(F)C2)[C@H](c2ccccc2)C1. The van der Waals surface area contributed by atoms with Crippen LogP contribution >= 0.6 is 0 Å². The minimum Gasteiger partial charge on any atom is -0.444 e. The Morgan fingerprint density at radius 1 is 1.07 bits per heavy atom. The van der Waals surface area contributed by atoms with Gasteiger partial charge < -0.3 is 30.1 Å². The van der Waals surface area contributed by atoms with Crippen LogP contribution in [0.2, 0.25) is 0 Å². The van der Waals surface area contributed by atoms with Crippen molar-refractivity contribution < 1.29 is 33.0 Å². The highest BCUT2D eigenvalue weighted by atomic mass is 19.1. The second-order valence-corrected chi connectivity index (χ2v) is 12.9. The third-order valence-corrected chi connectivity index (χ3v) is 8.41. The Balaban J connectivity index is 1.27. The van der Waals surface area contributed by atoms with Crippen molar-refractivity contribution in [3.8, 4) is 11.6 Å². The van der Waals surface area contributed by atoms with E-state index in [1.165, 1.54) is 29.2 Å². The molecule has 1 aromatic heterocycles. The van der Waals surface area contributed by atoms with Gasteiger partial charge in [0.1, 0.15) is 35.3 Å². The monoisotopic (exact) mass is 639 g/mol. The molecule has 0 radical (unpaired) electrons. The van der Waals surface area contributed by atoms with Crippen LogP contribution in [0.15, 0.2) is 65.7 Å². The maximum absolute atomic E-state index is 15.7. The number of amides is 2. The number of carbonyl (C=O) groups is 2. The van der Waals surface area contributed by atoms with E-state index in [0.717, 1.165) is 16.5 Å². The van der Waals surface area contributed by atoms with Gasteiger partial charge in [0, 0.05) is 31.5 Å². The Labute approximate surface area is 265 Å². The van der Waals surface area contributed by atoms with Crippen LogP contribution in [0.5, 0.6) is 11.6 Å². The third kappa shape index (κ3) is 7.30. The molecule has 2 amide bonds. The normalized spacial score (nSPS) is 23.6. The molecular weight excluding hydrogens is 600 g/mol. The summed E-state index contributed by atoms with van der Waals surface area (Å²) in [6.07, 6.45) is -0.991. The molecule has 2 fully saturated rings. The highest BCUT2D eigenvalue weighted by molar-refractivity contribution is 5.81. The lowest BCUT2D eigenvalue weighted by Gasteiger charge is -2.44. The summed E-state index contributed by atoms with van der Waals surface area (Å²) >= 11 is 0. The fourth-order valence-electron chi connectivity index (χ4n) is 5.92. The molecule has 2 aromatic carbocycles.